The second-order valence-corrected chi connectivity index (χ2v) is 9.30. The van der Waals surface area contributed by atoms with Crippen LogP contribution < -0.4 is 16.4 Å². The molecular formula is C21H36N5O6+. The van der Waals surface area contributed by atoms with Crippen LogP contribution in [-0.4, -0.2) is 64.1 Å². The third-order valence-electron chi connectivity index (χ3n) is 3.88. The van der Waals surface area contributed by atoms with E-state index in [0.29, 0.717) is 19.4 Å². The van der Waals surface area contributed by atoms with Gasteiger partial charge in [-0.3, -0.25) is 14.4 Å². The normalized spacial score (nSPS) is 12.6. The van der Waals surface area contributed by atoms with Gasteiger partial charge in [0.1, 0.15) is 29.5 Å². The number of carbonyl (C=O) groups is 4. The first-order valence-electron chi connectivity index (χ1n) is 10.6. The SMILES string of the molecule is CC(C)(C)OC(=O)CNC(=O)c1[nH]cnc1C(=O)N[C@@H](CCCC[NH3+])C(=O)OC(C)(C)C. The van der Waals surface area contributed by atoms with Gasteiger partial charge in [0, 0.05) is 0 Å². The molecular weight excluding hydrogens is 418 g/mol. The molecule has 0 spiro atoms. The standard InChI is InChI=1S/C21H35N5O6/c1-20(2,3)31-14(27)11-23-17(28)15-16(25-12-24-15)18(29)26-13(9-7-8-10-22)19(30)32-21(4,5)6/h12-13H,7-11,22H2,1-6H3,(H,23,28)(H,24,25)(H,26,29)/p+1/t13-/m0/s1. The van der Waals surface area contributed by atoms with Crippen molar-refractivity contribution in [1.82, 2.24) is 20.6 Å². The highest BCUT2D eigenvalue weighted by molar-refractivity contribution is 6.06. The van der Waals surface area contributed by atoms with Crippen molar-refractivity contribution in [3.63, 3.8) is 0 Å². The minimum atomic E-state index is -0.900. The van der Waals surface area contributed by atoms with E-state index in [2.05, 4.69) is 26.3 Å². The number of aromatic amines is 1. The van der Waals surface area contributed by atoms with Gasteiger partial charge in [-0.05, 0) is 60.8 Å². The van der Waals surface area contributed by atoms with Gasteiger partial charge in [-0.2, -0.15) is 0 Å². The van der Waals surface area contributed by atoms with Gasteiger partial charge >= 0.3 is 11.9 Å². The topological polar surface area (TPSA) is 167 Å². The molecule has 0 bridgehead atoms. The van der Waals surface area contributed by atoms with Crippen LogP contribution >= 0.6 is 0 Å². The molecule has 2 amide bonds. The molecule has 32 heavy (non-hydrogen) atoms. The van der Waals surface area contributed by atoms with E-state index in [1.54, 1.807) is 41.5 Å². The van der Waals surface area contributed by atoms with Gasteiger partial charge in [-0.25, -0.2) is 9.78 Å². The van der Waals surface area contributed by atoms with Gasteiger partial charge in [-0.15, -0.1) is 0 Å². The van der Waals surface area contributed by atoms with Crippen LogP contribution in [0.3, 0.4) is 0 Å². The minimum absolute atomic E-state index is 0.133. The summed E-state index contributed by atoms with van der Waals surface area (Å²) in [5.41, 5.74) is 2.04. The number of ether oxygens (including phenoxy) is 2. The molecule has 1 aromatic rings. The number of quaternary nitrogens is 1. The zero-order valence-corrected chi connectivity index (χ0v) is 19.8. The molecule has 11 heteroatoms. The lowest BCUT2D eigenvalue weighted by molar-refractivity contribution is -0.368. The average molecular weight is 455 g/mol. The molecule has 0 aliphatic heterocycles. The number of unbranched alkanes of at least 4 members (excludes halogenated alkanes) is 1. The molecule has 0 aromatic carbocycles. The van der Waals surface area contributed by atoms with Crippen LogP contribution in [0.1, 0.15) is 81.8 Å². The average Bonchev–Trinajstić information content (AvgIpc) is 3.12. The maximum absolute atomic E-state index is 12.8. The highest BCUT2D eigenvalue weighted by Crippen LogP contribution is 2.13. The molecule has 1 heterocycles. The summed E-state index contributed by atoms with van der Waals surface area (Å²) in [7, 11) is 0. The van der Waals surface area contributed by atoms with E-state index < -0.39 is 41.0 Å². The number of carbonyl (C=O) groups excluding carboxylic acids is 4. The molecule has 0 unspecified atom stereocenters. The van der Waals surface area contributed by atoms with Crippen LogP contribution in [0.15, 0.2) is 6.33 Å². The van der Waals surface area contributed by atoms with E-state index in [9.17, 15) is 19.2 Å². The number of hydrogen-bond donors (Lipinski definition) is 4. The number of amides is 2. The Kier molecular flexibility index (Phi) is 9.82. The number of aromatic nitrogens is 2. The van der Waals surface area contributed by atoms with Crippen molar-refractivity contribution in [2.24, 2.45) is 0 Å². The molecule has 0 radical (unpaired) electrons. The number of rotatable bonds is 10. The Bertz CT molecular complexity index is 806. The van der Waals surface area contributed by atoms with Gasteiger partial charge in [0.25, 0.3) is 11.8 Å². The van der Waals surface area contributed by atoms with E-state index in [1.165, 1.54) is 6.33 Å². The van der Waals surface area contributed by atoms with Gasteiger partial charge < -0.3 is 30.8 Å². The maximum atomic E-state index is 12.8. The third-order valence-corrected chi connectivity index (χ3v) is 3.88. The maximum Gasteiger partial charge on any atom is 0.329 e. The molecule has 1 aromatic heterocycles. The summed E-state index contributed by atoms with van der Waals surface area (Å²) in [5.74, 6) is -2.60. The Labute approximate surface area is 188 Å². The van der Waals surface area contributed by atoms with Crippen molar-refractivity contribution < 1.29 is 34.4 Å². The Morgan fingerprint density at radius 3 is 2.22 bits per heavy atom. The Morgan fingerprint density at radius 1 is 1.03 bits per heavy atom. The number of nitrogens with zero attached hydrogens (tertiary/aromatic N) is 1. The van der Waals surface area contributed by atoms with Crippen molar-refractivity contribution in [2.75, 3.05) is 13.1 Å². The van der Waals surface area contributed by atoms with Crippen molar-refractivity contribution in [2.45, 2.75) is 78.0 Å². The fourth-order valence-corrected chi connectivity index (χ4v) is 2.63. The first-order valence-corrected chi connectivity index (χ1v) is 10.6. The smallest absolute Gasteiger partial charge is 0.329 e. The number of hydrogen-bond acceptors (Lipinski definition) is 7. The van der Waals surface area contributed by atoms with Gasteiger partial charge in [0.2, 0.25) is 0 Å². The van der Waals surface area contributed by atoms with Crippen LogP contribution in [0, 0.1) is 0 Å². The summed E-state index contributed by atoms with van der Waals surface area (Å²) >= 11 is 0. The lowest BCUT2D eigenvalue weighted by Crippen LogP contribution is -2.50. The summed E-state index contributed by atoms with van der Waals surface area (Å²) in [5, 5.41) is 4.99. The minimum Gasteiger partial charge on any atom is -0.459 e. The molecule has 1 atom stereocenters. The quantitative estimate of drug-likeness (QED) is 0.292. The summed E-state index contributed by atoms with van der Waals surface area (Å²) in [4.78, 5) is 56.1. The summed E-state index contributed by atoms with van der Waals surface area (Å²) in [6.45, 7) is 10.7. The monoisotopic (exact) mass is 454 g/mol. The molecule has 11 nitrogen and oxygen atoms in total. The van der Waals surface area contributed by atoms with Crippen LogP contribution in [0.5, 0.6) is 0 Å². The number of H-pyrrole nitrogens is 1. The fourth-order valence-electron chi connectivity index (χ4n) is 2.63. The summed E-state index contributed by atoms with van der Waals surface area (Å²) in [6, 6.07) is -0.900. The van der Waals surface area contributed by atoms with Crippen LogP contribution in [-0.2, 0) is 19.1 Å². The number of esters is 2. The lowest BCUT2D eigenvalue weighted by Gasteiger charge is -2.24. The number of nitrogens with one attached hydrogen (secondary N) is 3. The molecule has 6 N–H and O–H groups in total. The highest BCUT2D eigenvalue weighted by atomic mass is 16.6. The van der Waals surface area contributed by atoms with E-state index in [-0.39, 0.29) is 17.9 Å². The predicted molar refractivity (Wildman–Crippen MR) is 115 cm³/mol. The summed E-state index contributed by atoms with van der Waals surface area (Å²) < 4.78 is 10.5. The van der Waals surface area contributed by atoms with E-state index >= 15 is 0 Å². The van der Waals surface area contributed by atoms with Crippen LogP contribution in [0.25, 0.3) is 0 Å². The van der Waals surface area contributed by atoms with Crippen LogP contribution in [0.2, 0.25) is 0 Å². The van der Waals surface area contributed by atoms with Crippen molar-refractivity contribution in [3.8, 4) is 0 Å². The largest absolute Gasteiger partial charge is 0.459 e. The predicted octanol–water partition coefficient (Wildman–Crippen LogP) is 0.334. The van der Waals surface area contributed by atoms with Gasteiger partial charge in [0.05, 0.1) is 12.9 Å². The zero-order chi connectivity index (χ0) is 24.5. The van der Waals surface area contributed by atoms with E-state index in [1.807, 2.05) is 0 Å². The third kappa shape index (κ3) is 9.90. The fraction of sp³-hybridized carbons (Fsp3) is 0.667. The molecule has 180 valence electrons. The first-order chi connectivity index (χ1) is 14.7. The molecule has 0 saturated carbocycles. The molecule has 0 aliphatic rings. The molecule has 0 saturated heterocycles. The zero-order valence-electron chi connectivity index (χ0n) is 19.8. The molecule has 0 aliphatic carbocycles. The van der Waals surface area contributed by atoms with E-state index in [0.717, 1.165) is 6.42 Å². The Balaban J connectivity index is 2.86. The number of imidazole rings is 1. The molecule has 1 rings (SSSR count). The van der Waals surface area contributed by atoms with Crippen molar-refractivity contribution in [1.29, 1.82) is 0 Å². The van der Waals surface area contributed by atoms with Gasteiger partial charge in [-0.1, -0.05) is 0 Å². The Hall–Kier alpha value is -2.95. The van der Waals surface area contributed by atoms with E-state index in [4.69, 9.17) is 9.47 Å². The van der Waals surface area contributed by atoms with Crippen molar-refractivity contribution in [3.05, 3.63) is 17.7 Å². The van der Waals surface area contributed by atoms with Crippen LogP contribution in [0.4, 0.5) is 0 Å². The lowest BCUT2D eigenvalue weighted by atomic mass is 10.1. The molecule has 0 fully saturated rings. The summed E-state index contributed by atoms with van der Waals surface area (Å²) in [6.07, 6.45) is 3.00. The first kappa shape index (κ1) is 27.1. The Morgan fingerprint density at radius 2 is 1.66 bits per heavy atom. The van der Waals surface area contributed by atoms with Crippen molar-refractivity contribution >= 4 is 23.8 Å². The van der Waals surface area contributed by atoms with Gasteiger partial charge in [0.15, 0.2) is 5.69 Å². The second kappa shape index (κ2) is 11.6. The second-order valence-electron chi connectivity index (χ2n) is 9.30. The highest BCUT2D eigenvalue weighted by Gasteiger charge is 2.29.